The zero-order valence-corrected chi connectivity index (χ0v) is 8.32. The van der Waals surface area contributed by atoms with Crippen molar-refractivity contribution >= 4 is 5.91 Å². The Hall–Kier alpha value is -1.58. The maximum atomic E-state index is 11.4. The summed E-state index contributed by atoms with van der Waals surface area (Å²) in [4.78, 5) is 15.2. The van der Waals surface area contributed by atoms with E-state index in [9.17, 15) is 4.79 Å². The van der Waals surface area contributed by atoms with Gasteiger partial charge in [-0.25, -0.2) is 0 Å². The Kier molecular flexibility index (Phi) is 3.45. The molecule has 1 rings (SSSR count). The molecule has 0 saturated carbocycles. The van der Waals surface area contributed by atoms with Crippen LogP contribution in [0.3, 0.4) is 0 Å². The molecule has 0 atom stereocenters. The topological polar surface area (TPSA) is 62.2 Å². The van der Waals surface area contributed by atoms with Crippen LogP contribution in [-0.4, -0.2) is 22.5 Å². The highest BCUT2D eigenvalue weighted by atomic mass is 16.3. The van der Waals surface area contributed by atoms with Crippen molar-refractivity contribution in [1.82, 2.24) is 10.3 Å². The molecule has 0 aliphatic carbocycles. The Labute approximate surface area is 83.0 Å². The van der Waals surface area contributed by atoms with Gasteiger partial charge in [0.1, 0.15) is 5.75 Å². The fourth-order valence-corrected chi connectivity index (χ4v) is 0.951. The molecule has 76 valence electrons. The maximum Gasteiger partial charge on any atom is 0.252 e. The fourth-order valence-electron chi connectivity index (χ4n) is 0.951. The number of hydrogen-bond donors (Lipinski definition) is 2. The van der Waals surface area contributed by atoms with Crippen LogP contribution in [0.25, 0.3) is 0 Å². The molecule has 0 fully saturated rings. The van der Waals surface area contributed by atoms with E-state index in [1.165, 1.54) is 18.5 Å². The molecule has 0 aliphatic rings. The molecule has 0 aliphatic heterocycles. The number of carbonyl (C=O) groups excluding carboxylic acids is 1. The van der Waals surface area contributed by atoms with Crippen LogP contribution in [0.1, 0.15) is 24.2 Å². The van der Waals surface area contributed by atoms with Gasteiger partial charge in [-0.15, -0.1) is 0 Å². The largest absolute Gasteiger partial charge is 0.506 e. The van der Waals surface area contributed by atoms with Gasteiger partial charge in [0.2, 0.25) is 0 Å². The van der Waals surface area contributed by atoms with Crippen molar-refractivity contribution in [3.05, 3.63) is 24.0 Å². The fraction of sp³-hybridized carbons (Fsp3) is 0.400. The van der Waals surface area contributed by atoms with E-state index in [1.54, 1.807) is 0 Å². The quantitative estimate of drug-likeness (QED) is 0.759. The molecule has 0 radical (unpaired) electrons. The third kappa shape index (κ3) is 3.05. The Morgan fingerprint density at radius 2 is 2.29 bits per heavy atom. The number of carbonyl (C=O) groups is 1. The average molecular weight is 194 g/mol. The van der Waals surface area contributed by atoms with Crippen molar-refractivity contribution in [2.24, 2.45) is 5.92 Å². The lowest BCUT2D eigenvalue weighted by Gasteiger charge is -2.07. The Morgan fingerprint density at radius 3 is 2.86 bits per heavy atom. The first kappa shape index (κ1) is 10.5. The second-order valence-corrected chi connectivity index (χ2v) is 3.54. The highest BCUT2D eigenvalue weighted by molar-refractivity contribution is 5.94. The summed E-state index contributed by atoms with van der Waals surface area (Å²) in [6.07, 6.45) is 2.72. The monoisotopic (exact) mass is 194 g/mol. The first-order valence-electron chi connectivity index (χ1n) is 4.52. The smallest absolute Gasteiger partial charge is 0.252 e. The van der Waals surface area contributed by atoms with E-state index < -0.39 is 0 Å². The highest BCUT2D eigenvalue weighted by Crippen LogP contribution is 2.08. The number of nitrogens with one attached hydrogen (secondary N) is 1. The van der Waals surface area contributed by atoms with Crippen molar-refractivity contribution in [1.29, 1.82) is 0 Å². The molecule has 0 saturated heterocycles. The molecule has 2 N–H and O–H groups in total. The van der Waals surface area contributed by atoms with Gasteiger partial charge in [0, 0.05) is 12.7 Å². The van der Waals surface area contributed by atoms with Gasteiger partial charge in [-0.3, -0.25) is 9.78 Å². The molecule has 4 nitrogen and oxygen atoms in total. The lowest BCUT2D eigenvalue weighted by Crippen LogP contribution is -2.27. The summed E-state index contributed by atoms with van der Waals surface area (Å²) >= 11 is 0. The van der Waals surface area contributed by atoms with E-state index in [0.717, 1.165) is 0 Å². The molecular formula is C10H14N2O2. The second-order valence-electron chi connectivity index (χ2n) is 3.54. The number of nitrogens with zero attached hydrogens (tertiary/aromatic N) is 1. The molecular weight excluding hydrogens is 180 g/mol. The number of aromatic nitrogens is 1. The first-order valence-corrected chi connectivity index (χ1v) is 4.52. The number of pyridine rings is 1. The molecule has 0 aromatic carbocycles. The lowest BCUT2D eigenvalue weighted by molar-refractivity contribution is 0.0948. The minimum atomic E-state index is -0.206. The summed E-state index contributed by atoms with van der Waals surface area (Å²) < 4.78 is 0. The van der Waals surface area contributed by atoms with Gasteiger partial charge in [-0.05, 0) is 12.0 Å². The summed E-state index contributed by atoms with van der Waals surface area (Å²) in [6, 6.07) is 1.39. The van der Waals surface area contributed by atoms with Crippen molar-refractivity contribution in [2.45, 2.75) is 13.8 Å². The average Bonchev–Trinajstić information content (AvgIpc) is 2.14. The lowest BCUT2D eigenvalue weighted by atomic mass is 10.2. The molecule has 0 spiro atoms. The van der Waals surface area contributed by atoms with E-state index >= 15 is 0 Å². The van der Waals surface area contributed by atoms with Crippen molar-refractivity contribution in [3.63, 3.8) is 0 Å². The number of rotatable bonds is 3. The van der Waals surface area contributed by atoms with Gasteiger partial charge in [0.05, 0.1) is 11.8 Å². The van der Waals surface area contributed by atoms with Gasteiger partial charge < -0.3 is 10.4 Å². The predicted octanol–water partition coefficient (Wildman–Crippen LogP) is 1.17. The van der Waals surface area contributed by atoms with Gasteiger partial charge in [0.25, 0.3) is 5.91 Å². The van der Waals surface area contributed by atoms with E-state index in [2.05, 4.69) is 10.3 Å². The van der Waals surface area contributed by atoms with Crippen LogP contribution in [0.4, 0.5) is 0 Å². The maximum absolute atomic E-state index is 11.4. The van der Waals surface area contributed by atoms with Crippen molar-refractivity contribution in [2.75, 3.05) is 6.54 Å². The first-order chi connectivity index (χ1) is 6.59. The van der Waals surface area contributed by atoms with Crippen LogP contribution in [-0.2, 0) is 0 Å². The molecule has 1 amide bonds. The Balaban J connectivity index is 2.61. The second kappa shape index (κ2) is 4.60. The zero-order chi connectivity index (χ0) is 10.6. The number of aromatic hydroxyl groups is 1. The zero-order valence-electron chi connectivity index (χ0n) is 8.32. The van der Waals surface area contributed by atoms with Gasteiger partial charge in [0.15, 0.2) is 0 Å². The van der Waals surface area contributed by atoms with Gasteiger partial charge in [-0.1, -0.05) is 13.8 Å². The molecule has 1 aromatic rings. The van der Waals surface area contributed by atoms with Crippen LogP contribution in [0, 0.1) is 5.92 Å². The van der Waals surface area contributed by atoms with Crippen LogP contribution >= 0.6 is 0 Å². The summed E-state index contributed by atoms with van der Waals surface area (Å²) in [5.41, 5.74) is 0.380. The Morgan fingerprint density at radius 1 is 1.57 bits per heavy atom. The van der Waals surface area contributed by atoms with E-state index in [0.29, 0.717) is 18.0 Å². The van der Waals surface area contributed by atoms with E-state index in [4.69, 9.17) is 5.11 Å². The SMILES string of the molecule is CC(C)CNC(=O)c1cncc(O)c1. The summed E-state index contributed by atoms with van der Waals surface area (Å²) in [5, 5.41) is 11.8. The molecule has 0 unspecified atom stereocenters. The Bertz CT molecular complexity index is 324. The molecule has 14 heavy (non-hydrogen) atoms. The normalized spacial score (nSPS) is 10.2. The van der Waals surface area contributed by atoms with E-state index in [-0.39, 0.29) is 11.7 Å². The number of amides is 1. The van der Waals surface area contributed by atoms with Crippen molar-refractivity contribution in [3.8, 4) is 5.75 Å². The molecule has 1 heterocycles. The molecule has 1 aromatic heterocycles. The summed E-state index contributed by atoms with van der Waals surface area (Å²) in [6.45, 7) is 4.65. The van der Waals surface area contributed by atoms with Crippen LogP contribution in [0.2, 0.25) is 0 Å². The van der Waals surface area contributed by atoms with Crippen molar-refractivity contribution < 1.29 is 9.90 Å². The number of hydrogen-bond acceptors (Lipinski definition) is 3. The molecule has 0 bridgehead atoms. The minimum absolute atomic E-state index is 0.00203. The summed E-state index contributed by atoms with van der Waals surface area (Å²) in [7, 11) is 0. The minimum Gasteiger partial charge on any atom is -0.506 e. The standard InChI is InChI=1S/C10H14N2O2/c1-7(2)4-12-10(14)8-3-9(13)6-11-5-8/h3,5-7,13H,4H2,1-2H3,(H,12,14). The van der Waals surface area contributed by atoms with Crippen LogP contribution < -0.4 is 5.32 Å². The van der Waals surface area contributed by atoms with E-state index in [1.807, 2.05) is 13.8 Å². The van der Waals surface area contributed by atoms with Crippen LogP contribution in [0.5, 0.6) is 5.75 Å². The predicted molar refractivity (Wildman–Crippen MR) is 53.1 cm³/mol. The molecule has 4 heteroatoms. The van der Waals surface area contributed by atoms with Crippen LogP contribution in [0.15, 0.2) is 18.5 Å². The van der Waals surface area contributed by atoms with Gasteiger partial charge in [-0.2, -0.15) is 0 Å². The van der Waals surface area contributed by atoms with Gasteiger partial charge >= 0.3 is 0 Å². The third-order valence-corrected chi connectivity index (χ3v) is 1.66. The third-order valence-electron chi connectivity index (χ3n) is 1.66. The highest BCUT2D eigenvalue weighted by Gasteiger charge is 2.06. The summed E-state index contributed by atoms with van der Waals surface area (Å²) in [5.74, 6) is 0.202.